The Balaban J connectivity index is 2.47. The Bertz CT molecular complexity index is 1170. The zero-order valence-electron chi connectivity index (χ0n) is 25.9. The summed E-state index contributed by atoms with van der Waals surface area (Å²) in [5.41, 5.74) is 1.27. The highest BCUT2D eigenvalue weighted by Crippen LogP contribution is 2.44. The van der Waals surface area contributed by atoms with Crippen LogP contribution in [0.15, 0.2) is 60.7 Å². The predicted molar refractivity (Wildman–Crippen MR) is 162 cm³/mol. The molecular weight excluding hydrogens is 556 g/mol. The van der Waals surface area contributed by atoms with E-state index in [1.165, 1.54) is 0 Å². The van der Waals surface area contributed by atoms with E-state index >= 15 is 0 Å². The van der Waals surface area contributed by atoms with Crippen LogP contribution < -0.4 is 18.9 Å². The zero-order chi connectivity index (χ0) is 32.2. The molecule has 2 rings (SSSR count). The van der Waals surface area contributed by atoms with Gasteiger partial charge in [0.25, 0.3) is 0 Å². The molecule has 2 aromatic carbocycles. The lowest BCUT2D eigenvalue weighted by Crippen LogP contribution is -2.23. The molecule has 0 saturated heterocycles. The highest BCUT2D eigenvalue weighted by Gasteiger charge is 2.31. The van der Waals surface area contributed by atoms with E-state index in [0.717, 1.165) is 11.1 Å². The van der Waals surface area contributed by atoms with Gasteiger partial charge in [0.2, 0.25) is 0 Å². The number of esters is 2. The van der Waals surface area contributed by atoms with Crippen LogP contribution in [-0.2, 0) is 24.5 Å². The first-order chi connectivity index (χ1) is 20.2. The molecule has 10 nitrogen and oxygen atoms in total. The lowest BCUT2D eigenvalue weighted by Gasteiger charge is -2.30. The van der Waals surface area contributed by atoms with Crippen LogP contribution in [0, 0.1) is 0 Å². The second-order valence-electron chi connectivity index (χ2n) is 10.8. The van der Waals surface area contributed by atoms with Crippen molar-refractivity contribution < 1.29 is 48.2 Å². The summed E-state index contributed by atoms with van der Waals surface area (Å²) >= 11 is 0. The Morgan fingerprint density at radius 3 is 1.42 bits per heavy atom. The van der Waals surface area contributed by atoms with Gasteiger partial charge in [-0.3, -0.25) is 0 Å². The Morgan fingerprint density at radius 1 is 0.721 bits per heavy atom. The second-order valence-corrected chi connectivity index (χ2v) is 10.8. The van der Waals surface area contributed by atoms with Gasteiger partial charge < -0.3 is 38.6 Å². The monoisotopic (exact) mass is 600 g/mol. The first-order valence-electron chi connectivity index (χ1n) is 14.0. The Morgan fingerprint density at radius 2 is 1.09 bits per heavy atom. The molecule has 2 unspecified atom stereocenters. The van der Waals surface area contributed by atoms with E-state index in [-0.39, 0.29) is 62.3 Å². The van der Waals surface area contributed by atoms with E-state index in [1.807, 2.05) is 13.8 Å². The molecule has 0 aliphatic rings. The summed E-state index contributed by atoms with van der Waals surface area (Å²) in [7, 11) is 0. The Labute approximate surface area is 253 Å². The molecule has 0 spiro atoms. The average molecular weight is 601 g/mol. The molecule has 2 aromatic rings. The van der Waals surface area contributed by atoms with E-state index < -0.39 is 29.6 Å². The van der Waals surface area contributed by atoms with E-state index in [0.29, 0.717) is 11.5 Å². The van der Waals surface area contributed by atoms with Crippen LogP contribution in [0.5, 0.6) is 23.0 Å². The number of rotatable bonds is 18. The summed E-state index contributed by atoms with van der Waals surface area (Å²) < 4.78 is 34.0. The van der Waals surface area contributed by atoms with Gasteiger partial charge in [0.1, 0.15) is 36.2 Å². The molecule has 0 heterocycles. The second kappa shape index (κ2) is 16.8. The summed E-state index contributed by atoms with van der Waals surface area (Å²) in [5, 5.41) is 18.9. The van der Waals surface area contributed by atoms with E-state index in [4.69, 9.17) is 28.4 Å². The maximum atomic E-state index is 12.2. The third kappa shape index (κ3) is 11.5. The first kappa shape index (κ1) is 35.5. The smallest absolute Gasteiger partial charge is 0.338 e. The minimum absolute atomic E-state index is 0.169. The summed E-state index contributed by atoms with van der Waals surface area (Å²) in [6.07, 6.45) is -1.21. The summed E-state index contributed by atoms with van der Waals surface area (Å²) in [6, 6.07) is 10.2. The number of aliphatic hydroxyl groups excluding tert-OH is 2. The van der Waals surface area contributed by atoms with Gasteiger partial charge in [-0.15, -0.1) is 0 Å². The normalized spacial score (nSPS) is 12.7. The number of carbonyl (C=O) groups is 2. The van der Waals surface area contributed by atoms with Gasteiger partial charge in [0.15, 0.2) is 0 Å². The van der Waals surface area contributed by atoms with Crippen molar-refractivity contribution in [2.75, 3.05) is 39.6 Å². The summed E-state index contributed by atoms with van der Waals surface area (Å²) in [4.78, 5) is 24.4. The van der Waals surface area contributed by atoms with Crippen LogP contribution in [0.4, 0.5) is 0 Å². The molecule has 0 fully saturated rings. The molecule has 236 valence electrons. The molecule has 0 radical (unpaired) electrons. The minimum atomic E-state index is -0.737. The molecule has 0 amide bonds. The maximum absolute atomic E-state index is 12.2. The van der Waals surface area contributed by atoms with Gasteiger partial charge in [-0.2, -0.15) is 0 Å². The third-order valence-corrected chi connectivity index (χ3v) is 6.06. The Hall–Kier alpha value is -3.70. The van der Waals surface area contributed by atoms with Crippen molar-refractivity contribution in [2.24, 2.45) is 0 Å². The van der Waals surface area contributed by atoms with Crippen LogP contribution in [0.1, 0.15) is 52.7 Å². The van der Waals surface area contributed by atoms with Crippen molar-refractivity contribution in [3.63, 3.8) is 0 Å². The van der Waals surface area contributed by atoms with Gasteiger partial charge in [-0.1, -0.05) is 39.1 Å². The average Bonchev–Trinajstić information content (AvgIpc) is 2.92. The van der Waals surface area contributed by atoms with E-state index in [1.54, 1.807) is 64.1 Å². The number of hydrogen-bond donors (Lipinski definition) is 2. The van der Waals surface area contributed by atoms with Gasteiger partial charge >= 0.3 is 11.9 Å². The van der Waals surface area contributed by atoms with Crippen molar-refractivity contribution in [3.8, 4) is 23.0 Å². The molecule has 2 atom stereocenters. The first-order valence-corrected chi connectivity index (χ1v) is 14.0. The van der Waals surface area contributed by atoms with Crippen LogP contribution in [0.2, 0.25) is 0 Å². The van der Waals surface area contributed by atoms with Crippen molar-refractivity contribution in [1.82, 2.24) is 0 Å². The van der Waals surface area contributed by atoms with Crippen LogP contribution in [-0.4, -0.2) is 74.0 Å². The van der Waals surface area contributed by atoms with E-state index in [2.05, 4.69) is 13.2 Å². The van der Waals surface area contributed by atoms with Crippen LogP contribution in [0.3, 0.4) is 0 Å². The highest BCUT2D eigenvalue weighted by atomic mass is 16.6. The Kier molecular flexibility index (Phi) is 13.9. The molecular formula is C33H44O10. The zero-order valence-corrected chi connectivity index (χ0v) is 25.9. The van der Waals surface area contributed by atoms with Gasteiger partial charge in [-0.05, 0) is 39.8 Å². The fourth-order valence-electron chi connectivity index (χ4n) is 3.87. The SMILES string of the molecule is C=C(C)C(=O)Oc1ccc(C(C)(C)c2ccc(OC(=O)C(=C)C)cc2OCCOCC(C)O)c(OCCOCC(C)O)c1. The molecule has 0 aromatic heterocycles. The number of ether oxygens (including phenoxy) is 6. The minimum Gasteiger partial charge on any atom is -0.491 e. The fraction of sp³-hybridized carbons (Fsp3) is 0.455. The molecule has 0 saturated carbocycles. The quantitative estimate of drug-likeness (QED) is 0.109. The van der Waals surface area contributed by atoms with Crippen LogP contribution >= 0.6 is 0 Å². The number of carbonyl (C=O) groups excluding carboxylic acids is 2. The number of hydrogen-bond acceptors (Lipinski definition) is 10. The van der Waals surface area contributed by atoms with E-state index in [9.17, 15) is 19.8 Å². The number of aliphatic hydroxyl groups is 2. The molecule has 43 heavy (non-hydrogen) atoms. The third-order valence-electron chi connectivity index (χ3n) is 6.06. The lowest BCUT2D eigenvalue weighted by atomic mass is 9.77. The highest BCUT2D eigenvalue weighted by molar-refractivity contribution is 5.89. The van der Waals surface area contributed by atoms with Gasteiger partial charge in [0.05, 0.1) is 38.6 Å². The lowest BCUT2D eigenvalue weighted by molar-refractivity contribution is -0.130. The van der Waals surface area contributed by atoms with Crippen molar-refractivity contribution in [2.45, 2.75) is 59.2 Å². The molecule has 0 bridgehead atoms. The van der Waals surface area contributed by atoms with Crippen molar-refractivity contribution >= 4 is 11.9 Å². The summed E-state index contributed by atoms with van der Waals surface area (Å²) in [5.74, 6) is 0.323. The topological polar surface area (TPSA) is 130 Å². The number of benzene rings is 2. The van der Waals surface area contributed by atoms with Crippen LogP contribution in [0.25, 0.3) is 0 Å². The van der Waals surface area contributed by atoms with Crippen molar-refractivity contribution in [3.05, 3.63) is 71.8 Å². The fourth-order valence-corrected chi connectivity index (χ4v) is 3.87. The molecule has 0 aliphatic carbocycles. The summed E-state index contributed by atoms with van der Waals surface area (Å²) in [6.45, 7) is 18.7. The predicted octanol–water partition coefficient (Wildman–Crippen LogP) is 4.53. The molecule has 0 aliphatic heterocycles. The van der Waals surface area contributed by atoms with Gasteiger partial charge in [0, 0.05) is 39.8 Å². The largest absolute Gasteiger partial charge is 0.491 e. The maximum Gasteiger partial charge on any atom is 0.338 e. The van der Waals surface area contributed by atoms with Gasteiger partial charge in [-0.25, -0.2) is 9.59 Å². The standard InChI is InChI=1S/C33H44O10/c1-21(2)31(36)42-25-9-11-27(29(17-25)40-15-13-38-19-23(5)34)33(7,8)28-12-10-26(43-32(37)22(3)4)18-30(28)41-16-14-39-20-24(6)35/h9-12,17-18,23-24,34-35H,1,3,13-16,19-20H2,2,4-8H3. The molecule has 2 N–H and O–H groups in total. The molecule has 10 heteroatoms. The van der Waals surface area contributed by atoms with Crippen molar-refractivity contribution in [1.29, 1.82) is 0 Å².